The third-order valence-electron chi connectivity index (χ3n) is 2.65. The van der Waals surface area contributed by atoms with Crippen LogP contribution in [0.5, 0.6) is 0 Å². The van der Waals surface area contributed by atoms with Gasteiger partial charge < -0.3 is 9.84 Å². The fourth-order valence-corrected chi connectivity index (χ4v) is 2.04. The smallest absolute Gasteiger partial charge is 0.334 e. The highest BCUT2D eigenvalue weighted by Gasteiger charge is 2.10. The summed E-state index contributed by atoms with van der Waals surface area (Å²) in [5.74, 6) is -0.757. The van der Waals surface area contributed by atoms with Crippen molar-refractivity contribution in [2.45, 2.75) is 11.6 Å². The monoisotopic (exact) mass is 296 g/mol. The van der Waals surface area contributed by atoms with Crippen LogP contribution in [-0.2, 0) is 11.5 Å². The minimum atomic E-state index is -1.10. The zero-order valence-electron chi connectivity index (χ0n) is 10.8. The molecule has 2 aromatic rings. The maximum atomic E-state index is 12.0. The van der Waals surface area contributed by atoms with E-state index in [1.165, 1.54) is 6.20 Å². The van der Waals surface area contributed by atoms with Gasteiger partial charge >= 0.3 is 5.63 Å². The van der Waals surface area contributed by atoms with Crippen molar-refractivity contribution in [3.63, 3.8) is 0 Å². The quantitative estimate of drug-likeness (QED) is 0.856. The summed E-state index contributed by atoms with van der Waals surface area (Å²) < 4.78 is 18.1. The molecule has 1 amide bonds. The molecule has 0 saturated heterocycles. The van der Waals surface area contributed by atoms with Crippen molar-refractivity contribution in [2.24, 2.45) is 0 Å². The molecule has 0 aliphatic heterocycles. The molecular weight excluding hydrogens is 283 g/mol. The Morgan fingerprint density at radius 2 is 2.10 bits per heavy atom. The van der Waals surface area contributed by atoms with Crippen LogP contribution in [0.25, 0.3) is 11.1 Å². The number of aromatic nitrogens is 1. The number of alkyl halides is 1. The molecule has 20 heavy (non-hydrogen) atoms. The number of carbonyl (C=O) groups excluding carboxylic acids is 1. The fourth-order valence-electron chi connectivity index (χ4n) is 1.63. The molecule has 0 fully saturated rings. The lowest BCUT2D eigenvalue weighted by Gasteiger charge is -2.01. The van der Waals surface area contributed by atoms with Crippen molar-refractivity contribution < 1.29 is 13.7 Å². The summed E-state index contributed by atoms with van der Waals surface area (Å²) in [6, 6.07) is 7.45. The molecule has 0 spiro atoms. The third kappa shape index (κ3) is 3.30. The molecule has 1 heterocycles. The Balaban J connectivity index is 2.18. The second-order valence-electron chi connectivity index (χ2n) is 3.96. The lowest BCUT2D eigenvalue weighted by molar-refractivity contribution is -0.122. The number of halogens is 1. The normalized spacial score (nSPS) is 10.5. The minimum Gasteiger partial charge on any atom is -0.334 e. The Kier molecular flexibility index (Phi) is 4.62. The van der Waals surface area contributed by atoms with E-state index in [-0.39, 0.29) is 6.67 Å². The number of nitrogens with one attached hydrogen (secondary N) is 1. The Bertz CT molecular complexity index is 648. The predicted octanol–water partition coefficient (Wildman–Crippen LogP) is 1.87. The molecule has 0 aliphatic rings. The average molecular weight is 296 g/mol. The number of thioether (sulfide) groups is 1. The van der Waals surface area contributed by atoms with E-state index < -0.39 is 18.2 Å². The number of nitrogens with zero attached hydrogens (tertiary/aromatic N) is 1. The topological polar surface area (TPSA) is 64.2 Å². The molecule has 0 bridgehead atoms. The average Bonchev–Trinajstić information content (AvgIpc) is 2.86. The zero-order chi connectivity index (χ0) is 14.5. The number of amides is 1. The van der Waals surface area contributed by atoms with Crippen LogP contribution in [0.2, 0.25) is 0 Å². The molecule has 0 radical (unpaired) electrons. The van der Waals surface area contributed by atoms with Crippen LogP contribution in [0.15, 0.2) is 44.7 Å². The van der Waals surface area contributed by atoms with E-state index in [4.69, 9.17) is 4.52 Å². The maximum Gasteiger partial charge on any atom is 0.365 e. The van der Waals surface area contributed by atoms with E-state index in [0.29, 0.717) is 5.56 Å². The number of hydrogen-bond acceptors (Lipinski definition) is 4. The highest BCUT2D eigenvalue weighted by atomic mass is 32.2. The van der Waals surface area contributed by atoms with Crippen molar-refractivity contribution in [2.75, 3.05) is 12.9 Å². The molecular formula is C13H13FN2O3S. The van der Waals surface area contributed by atoms with Crippen molar-refractivity contribution in [3.05, 3.63) is 40.9 Å². The standard InChI is InChI=1S/C13H13FN2O3S/c1-20-10-4-2-9(3-5-10)11-7-16(19-13(11)18)8-15-12(17)6-14/h2-5,7H,6,8H2,1H3,(H,15,17). The second kappa shape index (κ2) is 6.42. The molecule has 1 aromatic carbocycles. The zero-order valence-corrected chi connectivity index (χ0v) is 11.6. The largest absolute Gasteiger partial charge is 0.365 e. The first-order valence-corrected chi connectivity index (χ1v) is 7.04. The predicted molar refractivity (Wildman–Crippen MR) is 74.3 cm³/mol. The molecule has 1 N–H and O–H groups in total. The molecule has 106 valence electrons. The number of benzene rings is 1. The summed E-state index contributed by atoms with van der Waals surface area (Å²) in [7, 11) is 0. The maximum absolute atomic E-state index is 12.0. The molecule has 0 atom stereocenters. The van der Waals surface area contributed by atoms with E-state index in [1.807, 2.05) is 30.5 Å². The van der Waals surface area contributed by atoms with Crippen LogP contribution in [0.4, 0.5) is 4.39 Å². The molecule has 0 saturated carbocycles. The van der Waals surface area contributed by atoms with Crippen molar-refractivity contribution in [3.8, 4) is 11.1 Å². The summed E-state index contributed by atoms with van der Waals surface area (Å²) >= 11 is 1.61. The summed E-state index contributed by atoms with van der Waals surface area (Å²) in [6.45, 7) is -1.19. The van der Waals surface area contributed by atoms with Gasteiger partial charge in [0.05, 0.1) is 11.8 Å². The Hall–Kier alpha value is -2.02. The Morgan fingerprint density at radius 1 is 1.40 bits per heavy atom. The number of rotatable bonds is 5. The Morgan fingerprint density at radius 3 is 2.70 bits per heavy atom. The third-order valence-corrected chi connectivity index (χ3v) is 3.39. The van der Waals surface area contributed by atoms with Gasteiger partial charge in [0.15, 0.2) is 6.67 Å². The highest BCUT2D eigenvalue weighted by Crippen LogP contribution is 2.20. The van der Waals surface area contributed by atoms with Gasteiger partial charge in [0.25, 0.3) is 5.91 Å². The van der Waals surface area contributed by atoms with Crippen molar-refractivity contribution >= 4 is 17.7 Å². The van der Waals surface area contributed by atoms with Gasteiger partial charge in [0.2, 0.25) is 0 Å². The molecule has 2 rings (SSSR count). The van der Waals surface area contributed by atoms with E-state index in [1.54, 1.807) is 11.8 Å². The first kappa shape index (κ1) is 14.4. The van der Waals surface area contributed by atoms with Crippen LogP contribution < -0.4 is 10.9 Å². The summed E-state index contributed by atoms with van der Waals surface area (Å²) in [5.41, 5.74) is 0.621. The van der Waals surface area contributed by atoms with Crippen LogP contribution in [-0.4, -0.2) is 23.6 Å². The van der Waals surface area contributed by atoms with Gasteiger partial charge in [-0.2, -0.15) is 4.74 Å². The summed E-state index contributed by atoms with van der Waals surface area (Å²) in [6.07, 6.45) is 3.45. The van der Waals surface area contributed by atoms with E-state index >= 15 is 0 Å². The molecule has 7 heteroatoms. The highest BCUT2D eigenvalue weighted by molar-refractivity contribution is 7.98. The van der Waals surface area contributed by atoms with Gasteiger partial charge in [-0.3, -0.25) is 4.79 Å². The first-order valence-electron chi connectivity index (χ1n) is 5.82. The van der Waals surface area contributed by atoms with E-state index in [9.17, 15) is 14.0 Å². The minimum absolute atomic E-state index is 0.0825. The first-order chi connectivity index (χ1) is 9.63. The summed E-state index contributed by atoms with van der Waals surface area (Å²) in [4.78, 5) is 23.6. The lowest BCUT2D eigenvalue weighted by Crippen LogP contribution is -2.26. The van der Waals surface area contributed by atoms with Gasteiger partial charge in [-0.15, -0.1) is 11.8 Å². The van der Waals surface area contributed by atoms with Crippen molar-refractivity contribution in [1.82, 2.24) is 10.1 Å². The molecule has 1 aromatic heterocycles. The molecule has 0 aliphatic carbocycles. The second-order valence-corrected chi connectivity index (χ2v) is 4.84. The lowest BCUT2D eigenvalue weighted by atomic mass is 10.1. The summed E-state index contributed by atoms with van der Waals surface area (Å²) in [5, 5.41) is 2.27. The Labute approximate surface area is 118 Å². The van der Waals surface area contributed by atoms with Gasteiger partial charge in [-0.05, 0) is 24.0 Å². The van der Waals surface area contributed by atoms with Crippen LogP contribution in [0.3, 0.4) is 0 Å². The van der Waals surface area contributed by atoms with Gasteiger partial charge in [-0.1, -0.05) is 12.1 Å². The molecule has 0 unspecified atom stereocenters. The van der Waals surface area contributed by atoms with Crippen molar-refractivity contribution in [1.29, 1.82) is 0 Å². The van der Waals surface area contributed by atoms with Crippen LogP contribution in [0, 0.1) is 0 Å². The van der Waals surface area contributed by atoms with E-state index in [0.717, 1.165) is 15.2 Å². The van der Waals surface area contributed by atoms with Gasteiger partial charge in [-0.25, -0.2) is 9.18 Å². The number of carbonyl (C=O) groups is 1. The van der Waals surface area contributed by atoms with Gasteiger partial charge in [0.1, 0.15) is 6.67 Å². The SMILES string of the molecule is CSc1ccc(-c2cn(CNC(=O)CF)oc2=O)cc1. The number of hydrogen-bond donors (Lipinski definition) is 1. The molecule has 5 nitrogen and oxygen atoms in total. The van der Waals surface area contributed by atoms with Crippen LogP contribution >= 0.6 is 11.8 Å². The van der Waals surface area contributed by atoms with Gasteiger partial charge in [0, 0.05) is 4.90 Å². The fraction of sp³-hybridized carbons (Fsp3) is 0.231. The van der Waals surface area contributed by atoms with E-state index in [2.05, 4.69) is 5.32 Å². The van der Waals surface area contributed by atoms with Crippen LogP contribution in [0.1, 0.15) is 0 Å².